The summed E-state index contributed by atoms with van der Waals surface area (Å²) in [4.78, 5) is 12.2. The monoisotopic (exact) mass is 355 g/mol. The lowest BCUT2D eigenvalue weighted by atomic mass is 10.0. The number of hydrogen-bond acceptors (Lipinski definition) is 2. The number of hydrogen-bond donors (Lipinski definition) is 1. The fourth-order valence-electron chi connectivity index (χ4n) is 2.38. The summed E-state index contributed by atoms with van der Waals surface area (Å²) in [5, 5.41) is 2.95. The number of benzene rings is 3. The van der Waals surface area contributed by atoms with E-state index >= 15 is 0 Å². The lowest BCUT2D eigenvalue weighted by Gasteiger charge is -2.12. The van der Waals surface area contributed by atoms with Gasteiger partial charge < -0.3 is 10.1 Å². The Morgan fingerprint density at radius 2 is 1.72 bits per heavy atom. The predicted molar refractivity (Wildman–Crippen MR) is 97.4 cm³/mol. The number of anilines is 1. The number of carbonyl (C=O) groups is 1. The molecule has 126 valence electrons. The first-order valence-electron chi connectivity index (χ1n) is 7.65. The van der Waals surface area contributed by atoms with Crippen molar-refractivity contribution in [2.75, 3.05) is 11.9 Å². The lowest BCUT2D eigenvalue weighted by Crippen LogP contribution is -2.20. The summed E-state index contributed by atoms with van der Waals surface area (Å²) < 4.78 is 18.4. The number of nitrogens with one attached hydrogen (secondary N) is 1. The van der Waals surface area contributed by atoms with Crippen molar-refractivity contribution >= 4 is 23.2 Å². The van der Waals surface area contributed by atoms with E-state index in [1.807, 2.05) is 54.6 Å². The molecule has 0 atom stereocenters. The highest BCUT2D eigenvalue weighted by Crippen LogP contribution is 2.28. The van der Waals surface area contributed by atoms with Crippen LogP contribution in [0.2, 0.25) is 5.02 Å². The second kappa shape index (κ2) is 7.81. The van der Waals surface area contributed by atoms with Crippen LogP contribution in [0.15, 0.2) is 72.8 Å². The molecule has 3 aromatic rings. The Balaban J connectivity index is 1.69. The first kappa shape index (κ1) is 17.0. The molecule has 0 saturated heterocycles. The standard InChI is InChI=1S/C20H15ClFNO2/c21-17-12-15(22)10-11-19(17)25-13-20(24)23-18-9-5-4-8-16(18)14-6-2-1-3-7-14/h1-12H,13H2,(H,23,24). The van der Waals surface area contributed by atoms with Crippen molar-refractivity contribution < 1.29 is 13.9 Å². The van der Waals surface area contributed by atoms with Gasteiger partial charge >= 0.3 is 0 Å². The molecule has 0 aliphatic heterocycles. The van der Waals surface area contributed by atoms with E-state index in [0.717, 1.165) is 17.2 Å². The summed E-state index contributed by atoms with van der Waals surface area (Å²) in [6.07, 6.45) is 0. The van der Waals surface area contributed by atoms with E-state index in [1.165, 1.54) is 12.1 Å². The van der Waals surface area contributed by atoms with Gasteiger partial charge in [-0.05, 0) is 29.8 Å². The van der Waals surface area contributed by atoms with Crippen LogP contribution in [0.25, 0.3) is 11.1 Å². The Morgan fingerprint density at radius 1 is 1.00 bits per heavy atom. The average molecular weight is 356 g/mol. The maximum absolute atomic E-state index is 13.0. The third-order valence-corrected chi connectivity index (χ3v) is 3.83. The van der Waals surface area contributed by atoms with E-state index in [0.29, 0.717) is 5.69 Å². The summed E-state index contributed by atoms with van der Waals surface area (Å²) in [7, 11) is 0. The van der Waals surface area contributed by atoms with Gasteiger partial charge in [-0.2, -0.15) is 0 Å². The fourth-order valence-corrected chi connectivity index (χ4v) is 2.61. The second-order valence-corrected chi connectivity index (χ2v) is 5.73. The lowest BCUT2D eigenvalue weighted by molar-refractivity contribution is -0.118. The van der Waals surface area contributed by atoms with Crippen molar-refractivity contribution in [3.8, 4) is 16.9 Å². The smallest absolute Gasteiger partial charge is 0.262 e. The molecule has 5 heteroatoms. The topological polar surface area (TPSA) is 38.3 Å². The summed E-state index contributed by atoms with van der Waals surface area (Å²) in [6, 6.07) is 21.0. The molecule has 0 aliphatic carbocycles. The normalized spacial score (nSPS) is 10.3. The van der Waals surface area contributed by atoms with Gasteiger partial charge in [-0.3, -0.25) is 4.79 Å². The van der Waals surface area contributed by atoms with Gasteiger partial charge in [0.05, 0.1) is 5.02 Å². The zero-order valence-corrected chi connectivity index (χ0v) is 14.0. The van der Waals surface area contributed by atoms with E-state index in [4.69, 9.17) is 16.3 Å². The Labute approximate surface area is 150 Å². The molecule has 0 unspecified atom stereocenters. The molecule has 0 heterocycles. The van der Waals surface area contributed by atoms with Crippen molar-refractivity contribution in [1.82, 2.24) is 0 Å². The highest BCUT2D eigenvalue weighted by molar-refractivity contribution is 6.32. The molecular formula is C20H15ClFNO2. The highest BCUT2D eigenvalue weighted by Gasteiger charge is 2.10. The van der Waals surface area contributed by atoms with Crippen LogP contribution in [0.3, 0.4) is 0 Å². The molecule has 3 rings (SSSR count). The molecule has 1 amide bonds. The zero-order chi connectivity index (χ0) is 17.6. The van der Waals surface area contributed by atoms with Crippen LogP contribution in [0.5, 0.6) is 5.75 Å². The van der Waals surface area contributed by atoms with Crippen molar-refractivity contribution in [1.29, 1.82) is 0 Å². The minimum Gasteiger partial charge on any atom is -0.482 e. The van der Waals surface area contributed by atoms with Crippen LogP contribution in [-0.2, 0) is 4.79 Å². The summed E-state index contributed by atoms with van der Waals surface area (Å²) in [6.45, 7) is -0.228. The molecule has 0 spiro atoms. The van der Waals surface area contributed by atoms with Gasteiger partial charge in [0, 0.05) is 11.3 Å². The second-order valence-electron chi connectivity index (χ2n) is 5.32. The third-order valence-electron chi connectivity index (χ3n) is 3.54. The van der Waals surface area contributed by atoms with Crippen molar-refractivity contribution in [2.24, 2.45) is 0 Å². The molecule has 1 N–H and O–H groups in total. The van der Waals surface area contributed by atoms with Crippen LogP contribution in [0.1, 0.15) is 0 Å². The maximum Gasteiger partial charge on any atom is 0.262 e. The van der Waals surface area contributed by atoms with Gasteiger partial charge in [0.2, 0.25) is 0 Å². The Hall–Kier alpha value is -2.85. The summed E-state index contributed by atoms with van der Waals surface area (Å²) in [5.74, 6) is -0.531. The number of para-hydroxylation sites is 1. The van der Waals surface area contributed by atoms with E-state index in [9.17, 15) is 9.18 Å². The first-order valence-corrected chi connectivity index (χ1v) is 8.03. The van der Waals surface area contributed by atoms with Gasteiger partial charge in [-0.25, -0.2) is 4.39 Å². The number of halogens is 2. The molecule has 25 heavy (non-hydrogen) atoms. The molecule has 0 aromatic heterocycles. The van der Waals surface area contributed by atoms with Crippen LogP contribution in [0.4, 0.5) is 10.1 Å². The number of carbonyl (C=O) groups excluding carboxylic acids is 1. The number of ether oxygens (including phenoxy) is 1. The Kier molecular flexibility index (Phi) is 5.31. The van der Waals surface area contributed by atoms with Crippen molar-refractivity contribution in [3.63, 3.8) is 0 Å². The maximum atomic E-state index is 13.0. The Morgan fingerprint density at radius 3 is 2.48 bits per heavy atom. The van der Waals surface area contributed by atoms with Crippen LogP contribution in [0, 0.1) is 5.82 Å². The van der Waals surface area contributed by atoms with Crippen LogP contribution in [-0.4, -0.2) is 12.5 Å². The largest absolute Gasteiger partial charge is 0.482 e. The van der Waals surface area contributed by atoms with Crippen LogP contribution < -0.4 is 10.1 Å². The van der Waals surface area contributed by atoms with Crippen molar-refractivity contribution in [3.05, 3.63) is 83.6 Å². The number of rotatable bonds is 5. The molecule has 0 radical (unpaired) electrons. The van der Waals surface area contributed by atoms with Gasteiger partial charge in [-0.15, -0.1) is 0 Å². The van der Waals surface area contributed by atoms with E-state index in [1.54, 1.807) is 0 Å². The first-order chi connectivity index (χ1) is 12.1. The fraction of sp³-hybridized carbons (Fsp3) is 0.0500. The molecule has 0 fully saturated rings. The minimum atomic E-state index is -0.460. The molecule has 3 nitrogen and oxygen atoms in total. The minimum absolute atomic E-state index is 0.123. The van der Waals surface area contributed by atoms with Gasteiger partial charge in [0.15, 0.2) is 6.61 Å². The molecular weight excluding hydrogens is 341 g/mol. The molecule has 3 aromatic carbocycles. The van der Waals surface area contributed by atoms with Gasteiger partial charge in [0.1, 0.15) is 11.6 Å². The summed E-state index contributed by atoms with van der Waals surface area (Å²) >= 11 is 5.88. The predicted octanol–water partition coefficient (Wildman–Crippen LogP) is 5.16. The number of amides is 1. The molecule has 0 aliphatic rings. The molecule has 0 saturated carbocycles. The highest BCUT2D eigenvalue weighted by atomic mass is 35.5. The average Bonchev–Trinajstić information content (AvgIpc) is 2.62. The van der Waals surface area contributed by atoms with E-state index in [-0.39, 0.29) is 23.3 Å². The van der Waals surface area contributed by atoms with Crippen molar-refractivity contribution in [2.45, 2.75) is 0 Å². The zero-order valence-electron chi connectivity index (χ0n) is 13.2. The summed E-state index contributed by atoms with van der Waals surface area (Å²) in [5.41, 5.74) is 2.60. The third kappa shape index (κ3) is 4.37. The SMILES string of the molecule is O=C(COc1ccc(F)cc1Cl)Nc1ccccc1-c1ccccc1. The van der Waals surface area contributed by atoms with Gasteiger partial charge in [0.25, 0.3) is 5.91 Å². The molecule has 0 bridgehead atoms. The van der Waals surface area contributed by atoms with Crippen LogP contribution >= 0.6 is 11.6 Å². The van der Waals surface area contributed by atoms with Gasteiger partial charge in [-0.1, -0.05) is 60.1 Å². The van der Waals surface area contributed by atoms with E-state index in [2.05, 4.69) is 5.32 Å². The van der Waals surface area contributed by atoms with E-state index < -0.39 is 5.82 Å². The quantitative estimate of drug-likeness (QED) is 0.686. The Bertz CT molecular complexity index is 884.